The summed E-state index contributed by atoms with van der Waals surface area (Å²) >= 11 is 0. The normalized spacial score (nSPS) is 35.5. The van der Waals surface area contributed by atoms with Gasteiger partial charge in [-0.2, -0.15) is 0 Å². The van der Waals surface area contributed by atoms with E-state index in [0.29, 0.717) is 0 Å². The van der Waals surface area contributed by atoms with Crippen LogP contribution in [0.2, 0.25) is 0 Å². The van der Waals surface area contributed by atoms with Crippen molar-refractivity contribution in [3.05, 3.63) is 34.9 Å². The first-order chi connectivity index (χ1) is 5.35. The van der Waals surface area contributed by atoms with E-state index < -0.39 is 0 Å². The van der Waals surface area contributed by atoms with Crippen molar-refractivity contribution < 1.29 is 0 Å². The number of hydrogen-bond donors (Lipinski definition) is 0. The van der Waals surface area contributed by atoms with E-state index >= 15 is 0 Å². The zero-order valence-electron chi connectivity index (χ0n) is 7.22. The third-order valence-corrected chi connectivity index (χ3v) is 2.82. The molecule has 11 heavy (non-hydrogen) atoms. The molecular weight excluding hydrogens is 132 g/mol. The Morgan fingerprint density at radius 3 is 2.73 bits per heavy atom. The number of fused-ring (bicyclic) bond motifs is 2. The number of allylic oxidation sites excluding steroid dienone is 6. The summed E-state index contributed by atoms with van der Waals surface area (Å²) in [6, 6.07) is 0. The van der Waals surface area contributed by atoms with Crippen molar-refractivity contribution in [2.24, 2.45) is 5.92 Å². The Morgan fingerprint density at radius 1 is 1.36 bits per heavy atom. The standard InChI is InChI=1S/C11H14/c1-3-9-5-8-6-10(4-2)11(9)7-8/h3-5,11H,6-7H2,1-2H3. The molecule has 0 aromatic carbocycles. The van der Waals surface area contributed by atoms with Gasteiger partial charge in [0.15, 0.2) is 0 Å². The number of hydrogen-bond acceptors (Lipinski definition) is 0. The summed E-state index contributed by atoms with van der Waals surface area (Å²) in [5.74, 6) is 0.764. The summed E-state index contributed by atoms with van der Waals surface area (Å²) in [6.07, 6.45) is 9.46. The molecule has 2 aliphatic rings. The summed E-state index contributed by atoms with van der Waals surface area (Å²) in [6.45, 7) is 4.30. The van der Waals surface area contributed by atoms with Crippen LogP contribution in [0.5, 0.6) is 0 Å². The Kier molecular flexibility index (Phi) is 1.49. The van der Waals surface area contributed by atoms with Gasteiger partial charge < -0.3 is 0 Å². The Bertz CT molecular complexity index is 264. The molecule has 0 aromatic heterocycles. The van der Waals surface area contributed by atoms with E-state index in [1.807, 2.05) is 0 Å². The van der Waals surface area contributed by atoms with E-state index in [4.69, 9.17) is 0 Å². The fraction of sp³-hybridized carbons (Fsp3) is 0.455. The molecule has 58 valence electrons. The Labute approximate surface area is 68.3 Å². The highest BCUT2D eigenvalue weighted by atomic mass is 14.4. The van der Waals surface area contributed by atoms with Crippen molar-refractivity contribution in [3.63, 3.8) is 0 Å². The van der Waals surface area contributed by atoms with Crippen LogP contribution in [-0.2, 0) is 0 Å². The first kappa shape index (κ1) is 6.90. The second-order valence-corrected chi connectivity index (χ2v) is 3.39. The van der Waals surface area contributed by atoms with Crippen LogP contribution < -0.4 is 0 Å². The van der Waals surface area contributed by atoms with Gasteiger partial charge in [0.1, 0.15) is 0 Å². The molecule has 0 radical (unpaired) electrons. The average molecular weight is 146 g/mol. The minimum absolute atomic E-state index is 0.764. The summed E-state index contributed by atoms with van der Waals surface area (Å²) in [5.41, 5.74) is 4.81. The third-order valence-electron chi connectivity index (χ3n) is 2.82. The van der Waals surface area contributed by atoms with Crippen LogP contribution >= 0.6 is 0 Å². The van der Waals surface area contributed by atoms with Crippen molar-refractivity contribution in [1.29, 1.82) is 0 Å². The molecule has 0 saturated heterocycles. The quantitative estimate of drug-likeness (QED) is 0.460. The summed E-state index contributed by atoms with van der Waals surface area (Å²) < 4.78 is 0. The third kappa shape index (κ3) is 0.891. The highest BCUT2D eigenvalue weighted by Gasteiger charge is 2.31. The van der Waals surface area contributed by atoms with E-state index in [0.717, 1.165) is 5.92 Å². The molecule has 0 nitrogen and oxygen atoms in total. The van der Waals surface area contributed by atoms with Crippen molar-refractivity contribution in [2.45, 2.75) is 26.7 Å². The van der Waals surface area contributed by atoms with Gasteiger partial charge in [-0.1, -0.05) is 29.4 Å². The fourth-order valence-electron chi connectivity index (χ4n) is 2.22. The average Bonchev–Trinajstić information content (AvgIpc) is 2.60. The highest BCUT2D eigenvalue weighted by Crippen LogP contribution is 2.46. The molecule has 0 N–H and O–H groups in total. The molecular formula is C11H14. The summed E-state index contributed by atoms with van der Waals surface area (Å²) in [4.78, 5) is 0. The maximum absolute atomic E-state index is 2.37. The van der Waals surface area contributed by atoms with Gasteiger partial charge in [-0.25, -0.2) is 0 Å². The Balaban J connectivity index is 2.39. The number of rotatable bonds is 0. The van der Waals surface area contributed by atoms with Crippen molar-refractivity contribution in [2.75, 3.05) is 0 Å². The summed E-state index contributed by atoms with van der Waals surface area (Å²) in [7, 11) is 0. The predicted molar refractivity (Wildman–Crippen MR) is 48.3 cm³/mol. The lowest BCUT2D eigenvalue weighted by molar-refractivity contribution is 0.812. The van der Waals surface area contributed by atoms with Gasteiger partial charge in [-0.15, -0.1) is 0 Å². The largest absolute Gasteiger partial charge is 0.0875 e. The van der Waals surface area contributed by atoms with Crippen LogP contribution in [0, 0.1) is 5.92 Å². The molecule has 0 heterocycles. The Morgan fingerprint density at radius 2 is 2.18 bits per heavy atom. The van der Waals surface area contributed by atoms with Gasteiger partial charge in [-0.05, 0) is 32.3 Å². The smallest absolute Gasteiger partial charge is 0.00853 e. The van der Waals surface area contributed by atoms with Crippen LogP contribution in [0.3, 0.4) is 0 Å². The molecule has 1 unspecified atom stereocenters. The SMILES string of the molecule is CC=C1C=C2CC(=CC)C1C2. The molecule has 1 saturated carbocycles. The van der Waals surface area contributed by atoms with Crippen molar-refractivity contribution in [3.8, 4) is 0 Å². The zero-order valence-corrected chi connectivity index (χ0v) is 7.22. The van der Waals surface area contributed by atoms with Crippen LogP contribution in [0.15, 0.2) is 34.9 Å². The second-order valence-electron chi connectivity index (χ2n) is 3.39. The minimum Gasteiger partial charge on any atom is -0.0875 e. The van der Waals surface area contributed by atoms with Crippen LogP contribution in [0.1, 0.15) is 26.7 Å². The van der Waals surface area contributed by atoms with Crippen LogP contribution in [-0.4, -0.2) is 0 Å². The van der Waals surface area contributed by atoms with Gasteiger partial charge in [0.2, 0.25) is 0 Å². The van der Waals surface area contributed by atoms with Crippen molar-refractivity contribution >= 4 is 0 Å². The lowest BCUT2D eigenvalue weighted by atomic mass is 9.93. The molecule has 2 aliphatic carbocycles. The minimum atomic E-state index is 0.764. The lowest BCUT2D eigenvalue weighted by Gasteiger charge is -2.11. The second kappa shape index (κ2) is 2.37. The monoisotopic (exact) mass is 146 g/mol. The lowest BCUT2D eigenvalue weighted by Crippen LogP contribution is -1.97. The molecule has 1 atom stereocenters. The van der Waals surface area contributed by atoms with Gasteiger partial charge >= 0.3 is 0 Å². The first-order valence-corrected chi connectivity index (χ1v) is 4.36. The van der Waals surface area contributed by atoms with Gasteiger partial charge in [0, 0.05) is 5.92 Å². The molecule has 0 amide bonds. The van der Waals surface area contributed by atoms with E-state index in [2.05, 4.69) is 32.1 Å². The first-order valence-electron chi connectivity index (χ1n) is 4.36. The van der Waals surface area contributed by atoms with Gasteiger partial charge in [-0.3, -0.25) is 0 Å². The Hall–Kier alpha value is -0.780. The predicted octanol–water partition coefficient (Wildman–Crippen LogP) is 3.23. The molecule has 0 spiro atoms. The van der Waals surface area contributed by atoms with Crippen LogP contribution in [0.25, 0.3) is 0 Å². The van der Waals surface area contributed by atoms with E-state index in [1.165, 1.54) is 12.8 Å². The van der Waals surface area contributed by atoms with Crippen molar-refractivity contribution in [1.82, 2.24) is 0 Å². The fourth-order valence-corrected chi connectivity index (χ4v) is 2.22. The zero-order chi connectivity index (χ0) is 7.84. The highest BCUT2D eigenvalue weighted by molar-refractivity contribution is 5.47. The summed E-state index contributed by atoms with van der Waals surface area (Å²) in [5, 5.41) is 0. The molecule has 0 aliphatic heterocycles. The van der Waals surface area contributed by atoms with Crippen LogP contribution in [0.4, 0.5) is 0 Å². The molecule has 0 heteroatoms. The maximum Gasteiger partial charge on any atom is 0.00853 e. The van der Waals surface area contributed by atoms with Gasteiger partial charge in [0.05, 0.1) is 0 Å². The molecule has 2 rings (SSSR count). The van der Waals surface area contributed by atoms with Gasteiger partial charge in [0.25, 0.3) is 0 Å². The molecule has 2 bridgehead atoms. The van der Waals surface area contributed by atoms with E-state index in [9.17, 15) is 0 Å². The van der Waals surface area contributed by atoms with E-state index in [1.54, 1.807) is 16.7 Å². The molecule has 1 fully saturated rings. The topological polar surface area (TPSA) is 0 Å². The van der Waals surface area contributed by atoms with E-state index in [-0.39, 0.29) is 0 Å². The maximum atomic E-state index is 2.37. The molecule has 0 aromatic rings.